The summed E-state index contributed by atoms with van der Waals surface area (Å²) >= 11 is 0. The van der Waals surface area contributed by atoms with E-state index in [0.29, 0.717) is 0 Å². The monoisotopic (exact) mass is 1270 g/mol. The number of nitrogens with zero attached hydrogens (tertiary/aromatic N) is 10. The molecule has 0 N–H and O–H groups in total. The molecule has 0 spiro atoms. The minimum absolute atomic E-state index is 0.764. The molecule has 0 amide bonds. The molecule has 0 saturated carbocycles. The predicted molar refractivity (Wildman–Crippen MR) is 413 cm³/mol. The van der Waals surface area contributed by atoms with Crippen molar-refractivity contribution in [2.75, 3.05) is 0 Å². The van der Waals surface area contributed by atoms with Crippen LogP contribution < -0.4 is 0 Å². The van der Waals surface area contributed by atoms with Crippen LogP contribution in [0, 0.1) is 0 Å². The normalized spacial score (nSPS) is 12.6. The molecule has 0 aliphatic carbocycles. The molecule has 24 rings (SSSR count). The molecule has 10 nitrogen and oxygen atoms in total. The van der Waals surface area contributed by atoms with Crippen LogP contribution in [-0.2, 0) is 0 Å². The van der Waals surface area contributed by atoms with Gasteiger partial charge in [-0.2, -0.15) is 0 Å². The van der Waals surface area contributed by atoms with Gasteiger partial charge in [-0.15, -0.1) is 0 Å². The van der Waals surface area contributed by atoms with Gasteiger partial charge in [0, 0.05) is 145 Å². The zero-order valence-corrected chi connectivity index (χ0v) is 53.3. The molecule has 0 aliphatic rings. The van der Waals surface area contributed by atoms with Crippen LogP contribution in [0.5, 0.6) is 0 Å². The van der Waals surface area contributed by atoms with Crippen molar-refractivity contribution in [2.24, 2.45) is 0 Å². The summed E-state index contributed by atoms with van der Waals surface area (Å²) in [5.74, 6) is 0. The Morgan fingerprint density at radius 3 is 0.760 bits per heavy atom. The molecule has 10 heteroatoms. The fourth-order valence-corrected chi connectivity index (χ4v) is 18.0. The highest BCUT2D eigenvalue weighted by Crippen LogP contribution is 2.53. The Labute approximate surface area is 567 Å². The molecule has 0 atom stereocenters. The fraction of sp³-hybridized carbons (Fsp3) is 0. The molecular formula is C90H50N10. The van der Waals surface area contributed by atoms with E-state index in [1.54, 1.807) is 0 Å². The van der Waals surface area contributed by atoms with Gasteiger partial charge in [-0.05, 0) is 133 Å². The summed E-state index contributed by atoms with van der Waals surface area (Å²) in [5, 5.41) is 18.5. The van der Waals surface area contributed by atoms with E-state index in [-0.39, 0.29) is 0 Å². The molecule has 100 heavy (non-hydrogen) atoms. The first kappa shape index (κ1) is 52.6. The number of rotatable bonds is 6. The third kappa shape index (κ3) is 6.66. The van der Waals surface area contributed by atoms with Crippen molar-refractivity contribution in [3.63, 3.8) is 0 Å². The number of pyridine rings is 2. The Hall–Kier alpha value is -13.7. The Morgan fingerprint density at radius 2 is 0.460 bits per heavy atom. The van der Waals surface area contributed by atoms with Crippen LogP contribution in [0.3, 0.4) is 0 Å². The van der Waals surface area contributed by atoms with Crippen molar-refractivity contribution < 1.29 is 0 Å². The largest absolute Gasteiger partial charge is 0.309 e. The van der Waals surface area contributed by atoms with E-state index < -0.39 is 0 Å². The zero-order valence-electron chi connectivity index (χ0n) is 53.3. The highest BCUT2D eigenvalue weighted by atomic mass is 15.0. The van der Waals surface area contributed by atoms with Crippen LogP contribution in [0.25, 0.3) is 220 Å². The summed E-state index contributed by atoms with van der Waals surface area (Å²) in [4.78, 5) is 21.4. The van der Waals surface area contributed by atoms with Crippen LogP contribution in [0.1, 0.15) is 0 Å². The van der Waals surface area contributed by atoms with Gasteiger partial charge >= 0.3 is 0 Å². The van der Waals surface area contributed by atoms with E-state index in [1.165, 1.54) is 43.1 Å². The summed E-state index contributed by atoms with van der Waals surface area (Å²) < 4.78 is 15.1. The average molecular weight is 1270 g/mol. The van der Waals surface area contributed by atoms with Gasteiger partial charge in [0.15, 0.2) is 0 Å². The second-order valence-corrected chi connectivity index (χ2v) is 26.9. The molecule has 460 valence electrons. The Bertz CT molecular complexity index is 7040. The maximum Gasteiger partial charge on any atom is 0.100 e. The highest BCUT2D eigenvalue weighted by Gasteiger charge is 2.32. The van der Waals surface area contributed by atoms with Crippen molar-refractivity contribution in [1.29, 1.82) is 0 Å². The molecule has 11 aromatic heterocycles. The van der Waals surface area contributed by atoms with E-state index in [2.05, 4.69) is 316 Å². The molecule has 11 heterocycles. The maximum atomic E-state index is 6.16. The Morgan fingerprint density at radius 1 is 0.200 bits per heavy atom. The van der Waals surface area contributed by atoms with Crippen molar-refractivity contribution in [3.8, 4) is 45.3 Å². The quantitative estimate of drug-likeness (QED) is 0.166. The number of para-hydroxylation sites is 8. The second kappa shape index (κ2) is 19.1. The van der Waals surface area contributed by atoms with Gasteiger partial charge in [0.1, 0.15) is 11.0 Å². The topological polar surface area (TPSA) is 80.1 Å². The lowest BCUT2D eigenvalue weighted by atomic mass is 9.99. The molecule has 0 bridgehead atoms. The lowest BCUT2D eigenvalue weighted by molar-refractivity contribution is 1.18. The van der Waals surface area contributed by atoms with E-state index in [9.17, 15) is 0 Å². The minimum Gasteiger partial charge on any atom is -0.309 e. The van der Waals surface area contributed by atoms with Crippen LogP contribution in [0.15, 0.2) is 304 Å². The van der Waals surface area contributed by atoms with Crippen molar-refractivity contribution in [1.82, 2.24) is 47.0 Å². The van der Waals surface area contributed by atoms with Crippen LogP contribution in [0.2, 0.25) is 0 Å². The minimum atomic E-state index is 0.764. The first-order valence-corrected chi connectivity index (χ1v) is 34.1. The van der Waals surface area contributed by atoms with Gasteiger partial charge < -0.3 is 27.1 Å². The lowest BCUT2D eigenvalue weighted by Crippen LogP contribution is -1.98. The van der Waals surface area contributed by atoms with Gasteiger partial charge in [0.2, 0.25) is 0 Å². The number of aromatic nitrogens is 10. The first-order chi connectivity index (χ1) is 49.7. The number of fused-ring (bicyclic) bond motifs is 28. The number of hydrogen-bond acceptors (Lipinski definition) is 4. The standard InChI is InChI=1S/C90H50N10/c1-9-25-71-57(17-1)58-18-2-10-26-72(58)95(71)53-33-35-79-65(45-53)67-47-55(97-75-29-13-5-21-61(75)62-22-6-14-30-76(62)97)49-69-81-85-86(94-84(52-39-43-92-44-40-52)83(93-85)51-37-41-91-42-38-51)82-70-50-56(98-77-31-15-7-23-63(77)64-24-8-16-32-78(64)98)48-68-66-46-54(96-73-27-11-3-19-59(73)60-20-4-12-28-74(60)96)34-36-80(66)100(88(68)70)90(82)89(81)99(79)87(67)69/h1-50H. The van der Waals surface area contributed by atoms with Crippen LogP contribution >= 0.6 is 0 Å². The Kier molecular flexibility index (Phi) is 10.0. The molecule has 13 aromatic carbocycles. The fourth-order valence-electron chi connectivity index (χ4n) is 18.0. The first-order valence-electron chi connectivity index (χ1n) is 34.1. The smallest absolute Gasteiger partial charge is 0.100 e. The SMILES string of the molecule is c1ccc2c(c1)c1ccccc1n2-c1ccc2c(c1)c1cc(-n3c4ccccc4c4ccccc43)cc3c4c5nc(-c6ccncc6)c(-c6ccncc6)nc5c5c6cc(-n7c8ccccc8c8ccccc87)cc7c8cc(-n9c%10ccccc%10c%10ccccc%109)ccc8n(c76)c5c4n2c13. The molecule has 0 radical (unpaired) electrons. The predicted octanol–water partition coefficient (Wildman–Crippen LogP) is 22.4. The van der Waals surface area contributed by atoms with Crippen molar-refractivity contribution in [3.05, 3.63) is 304 Å². The van der Waals surface area contributed by atoms with E-state index in [4.69, 9.17) is 9.97 Å². The summed E-state index contributed by atoms with van der Waals surface area (Å²) in [6, 6.07) is 103. The van der Waals surface area contributed by atoms with Crippen LogP contribution in [-0.4, -0.2) is 47.0 Å². The molecule has 0 saturated heterocycles. The third-order valence-corrected chi connectivity index (χ3v) is 22.0. The van der Waals surface area contributed by atoms with Gasteiger partial charge in [-0.25, -0.2) is 9.97 Å². The summed E-state index contributed by atoms with van der Waals surface area (Å²) in [5.41, 5.74) is 25.1. The third-order valence-electron chi connectivity index (χ3n) is 22.0. The van der Waals surface area contributed by atoms with Gasteiger partial charge in [0.05, 0.1) is 88.6 Å². The van der Waals surface area contributed by atoms with Crippen molar-refractivity contribution >= 4 is 174 Å². The molecule has 24 aromatic rings. The highest BCUT2D eigenvalue weighted by molar-refractivity contribution is 6.40. The molecule has 0 aliphatic heterocycles. The second-order valence-electron chi connectivity index (χ2n) is 26.9. The van der Waals surface area contributed by atoms with E-state index in [1.807, 2.05) is 24.8 Å². The molecular weight excluding hydrogens is 1220 g/mol. The molecule has 0 unspecified atom stereocenters. The zero-order chi connectivity index (χ0) is 64.7. The summed E-state index contributed by atoms with van der Waals surface area (Å²) in [7, 11) is 0. The van der Waals surface area contributed by atoms with Gasteiger partial charge in [0.25, 0.3) is 0 Å². The van der Waals surface area contributed by atoms with E-state index >= 15 is 0 Å². The molecule has 0 fully saturated rings. The lowest BCUT2D eigenvalue weighted by Gasteiger charge is -2.14. The van der Waals surface area contributed by atoms with Gasteiger partial charge in [-0.1, -0.05) is 146 Å². The van der Waals surface area contributed by atoms with Crippen molar-refractivity contribution in [2.45, 2.75) is 0 Å². The Balaban J connectivity index is 0.940. The summed E-state index contributed by atoms with van der Waals surface area (Å²) in [6.07, 6.45) is 7.43. The van der Waals surface area contributed by atoms with E-state index in [0.717, 1.165) is 177 Å². The number of benzene rings is 13. The van der Waals surface area contributed by atoms with Crippen LogP contribution in [0.4, 0.5) is 0 Å². The average Bonchev–Trinajstić information content (AvgIpc) is 1.49. The number of hydrogen-bond donors (Lipinski definition) is 0. The van der Waals surface area contributed by atoms with Gasteiger partial charge in [-0.3, -0.25) is 9.97 Å². The maximum absolute atomic E-state index is 6.16. The summed E-state index contributed by atoms with van der Waals surface area (Å²) in [6.45, 7) is 0.